The van der Waals surface area contributed by atoms with E-state index in [0.29, 0.717) is 0 Å². The highest BCUT2D eigenvalue weighted by Crippen LogP contribution is 2.28. The number of hydrogen-bond donors (Lipinski definition) is 0. The highest BCUT2D eigenvalue weighted by Gasteiger charge is 2.13. The van der Waals surface area contributed by atoms with Crippen LogP contribution in [0.25, 0.3) is 6.08 Å². The molecule has 2 rings (SSSR count). The summed E-state index contributed by atoms with van der Waals surface area (Å²) >= 11 is 0. The number of rotatable bonds is 5. The number of aryl methyl sites for hydroxylation is 2. The van der Waals surface area contributed by atoms with Crippen molar-refractivity contribution < 1.29 is 0 Å². The van der Waals surface area contributed by atoms with Crippen molar-refractivity contribution in [1.29, 1.82) is 0 Å². The third kappa shape index (κ3) is 4.07. The molecular formula is C21H27N. The fraction of sp³-hybridized carbons (Fsp3) is 0.381. The van der Waals surface area contributed by atoms with Gasteiger partial charge < -0.3 is 0 Å². The second-order valence-corrected chi connectivity index (χ2v) is 5.91. The zero-order valence-corrected chi connectivity index (χ0v) is 14.3. The molecule has 0 radical (unpaired) electrons. The predicted octanol–water partition coefficient (Wildman–Crippen LogP) is 5.83. The summed E-state index contributed by atoms with van der Waals surface area (Å²) in [6.45, 7) is 8.54. The molecule has 0 saturated heterocycles. The van der Waals surface area contributed by atoms with Gasteiger partial charge in [-0.1, -0.05) is 43.2 Å². The Balaban J connectivity index is 2.29. The average Bonchev–Trinajstić information content (AvgIpc) is 2.55. The second kappa shape index (κ2) is 7.93. The minimum atomic E-state index is 1.04. The van der Waals surface area contributed by atoms with Crippen molar-refractivity contribution in [3.8, 4) is 0 Å². The monoisotopic (exact) mass is 293 g/mol. The fourth-order valence-corrected chi connectivity index (χ4v) is 2.76. The molecule has 0 saturated carbocycles. The summed E-state index contributed by atoms with van der Waals surface area (Å²) in [6, 6.07) is 2.32. The van der Waals surface area contributed by atoms with Crippen molar-refractivity contribution in [2.75, 3.05) is 0 Å². The highest BCUT2D eigenvalue weighted by molar-refractivity contribution is 5.65. The Bertz CT molecular complexity index is 642. The van der Waals surface area contributed by atoms with Crippen molar-refractivity contribution in [2.45, 2.75) is 53.4 Å². The quantitative estimate of drug-likeness (QED) is 0.622. The Morgan fingerprint density at radius 3 is 2.68 bits per heavy atom. The normalized spacial score (nSPS) is 15.9. The second-order valence-electron chi connectivity index (χ2n) is 5.91. The standard InChI is InChI=1S/C21H27N/c1-5-8-17-13-20-14-19(11-12-21(20)22-15-17)18(7-3)10-9-16(4)6-2/h6-7,9-10,13-15H,5,8,11-12H2,1-4H3/b10-9-,16-6-,18-7+. The van der Waals surface area contributed by atoms with Crippen LogP contribution in [-0.2, 0) is 12.8 Å². The first-order valence-corrected chi connectivity index (χ1v) is 8.34. The first-order chi connectivity index (χ1) is 10.7. The number of aromatic nitrogens is 1. The molecule has 1 aliphatic carbocycles. The zero-order valence-electron chi connectivity index (χ0n) is 14.3. The molecule has 22 heavy (non-hydrogen) atoms. The van der Waals surface area contributed by atoms with Gasteiger partial charge in [-0.15, -0.1) is 0 Å². The lowest BCUT2D eigenvalue weighted by Crippen LogP contribution is -2.04. The third-order valence-electron chi connectivity index (χ3n) is 4.22. The first kappa shape index (κ1) is 16.5. The molecule has 1 heteroatoms. The maximum atomic E-state index is 4.65. The van der Waals surface area contributed by atoms with E-state index in [1.807, 2.05) is 6.20 Å². The molecule has 116 valence electrons. The summed E-state index contributed by atoms with van der Waals surface area (Å²) in [5, 5.41) is 0. The van der Waals surface area contributed by atoms with Gasteiger partial charge in [-0.3, -0.25) is 4.98 Å². The van der Waals surface area contributed by atoms with E-state index in [-0.39, 0.29) is 0 Å². The largest absolute Gasteiger partial charge is 0.260 e. The van der Waals surface area contributed by atoms with Gasteiger partial charge in [-0.2, -0.15) is 0 Å². The summed E-state index contributed by atoms with van der Waals surface area (Å²) in [5.74, 6) is 0. The average molecular weight is 293 g/mol. The van der Waals surface area contributed by atoms with Crippen molar-refractivity contribution in [1.82, 2.24) is 4.98 Å². The van der Waals surface area contributed by atoms with Gasteiger partial charge in [0, 0.05) is 11.9 Å². The van der Waals surface area contributed by atoms with Crippen molar-refractivity contribution in [3.63, 3.8) is 0 Å². The minimum absolute atomic E-state index is 1.04. The molecule has 0 atom stereocenters. The van der Waals surface area contributed by atoms with Crippen LogP contribution in [0, 0.1) is 0 Å². The van der Waals surface area contributed by atoms with Crippen LogP contribution in [0.2, 0.25) is 0 Å². The zero-order chi connectivity index (χ0) is 15.9. The van der Waals surface area contributed by atoms with Gasteiger partial charge in [-0.05, 0) is 74.4 Å². The van der Waals surface area contributed by atoms with Crippen LogP contribution in [0.3, 0.4) is 0 Å². The number of hydrogen-bond acceptors (Lipinski definition) is 1. The molecule has 1 nitrogen and oxygen atoms in total. The van der Waals surface area contributed by atoms with E-state index >= 15 is 0 Å². The summed E-state index contributed by atoms with van der Waals surface area (Å²) in [4.78, 5) is 4.65. The van der Waals surface area contributed by atoms with Gasteiger partial charge in [0.1, 0.15) is 0 Å². The number of fused-ring (bicyclic) bond motifs is 1. The highest BCUT2D eigenvalue weighted by atomic mass is 14.7. The maximum absolute atomic E-state index is 4.65. The maximum Gasteiger partial charge on any atom is 0.0479 e. The van der Waals surface area contributed by atoms with E-state index in [1.165, 1.54) is 40.0 Å². The van der Waals surface area contributed by atoms with E-state index < -0.39 is 0 Å². The summed E-state index contributed by atoms with van der Waals surface area (Å²) in [7, 11) is 0. The Labute approximate surface area is 135 Å². The van der Waals surface area contributed by atoms with E-state index in [1.54, 1.807) is 0 Å². The smallest absolute Gasteiger partial charge is 0.0479 e. The molecule has 0 amide bonds. The van der Waals surface area contributed by atoms with Gasteiger partial charge >= 0.3 is 0 Å². The van der Waals surface area contributed by atoms with Crippen molar-refractivity contribution in [3.05, 3.63) is 70.1 Å². The van der Waals surface area contributed by atoms with Crippen molar-refractivity contribution >= 4 is 6.08 Å². The molecule has 0 fully saturated rings. The topological polar surface area (TPSA) is 12.9 Å². The Morgan fingerprint density at radius 1 is 1.18 bits per heavy atom. The van der Waals surface area contributed by atoms with E-state index in [2.05, 4.69) is 69.1 Å². The van der Waals surface area contributed by atoms with E-state index in [4.69, 9.17) is 0 Å². The number of allylic oxidation sites excluding steroid dienone is 7. The van der Waals surface area contributed by atoms with Gasteiger partial charge in [-0.25, -0.2) is 0 Å². The van der Waals surface area contributed by atoms with Gasteiger partial charge in [0.2, 0.25) is 0 Å². The number of nitrogens with zero attached hydrogens (tertiary/aromatic N) is 1. The molecule has 0 spiro atoms. The van der Waals surface area contributed by atoms with Crippen LogP contribution in [0.4, 0.5) is 0 Å². The van der Waals surface area contributed by atoms with Crippen molar-refractivity contribution in [2.24, 2.45) is 0 Å². The first-order valence-electron chi connectivity index (χ1n) is 8.34. The number of pyridine rings is 1. The lowest BCUT2D eigenvalue weighted by Gasteiger charge is -2.17. The summed E-state index contributed by atoms with van der Waals surface area (Å²) in [6.07, 6.45) is 17.5. The van der Waals surface area contributed by atoms with Crippen LogP contribution < -0.4 is 0 Å². The van der Waals surface area contributed by atoms with Crippen LogP contribution in [0.5, 0.6) is 0 Å². The lowest BCUT2D eigenvalue weighted by molar-refractivity contribution is 0.867. The molecule has 1 heterocycles. The summed E-state index contributed by atoms with van der Waals surface area (Å²) < 4.78 is 0. The van der Waals surface area contributed by atoms with Gasteiger partial charge in [0.25, 0.3) is 0 Å². The Hall–Kier alpha value is -1.89. The molecule has 1 aliphatic rings. The molecule has 0 aliphatic heterocycles. The van der Waals surface area contributed by atoms with Crippen LogP contribution in [0.15, 0.2) is 53.3 Å². The minimum Gasteiger partial charge on any atom is -0.260 e. The third-order valence-corrected chi connectivity index (χ3v) is 4.22. The fourth-order valence-electron chi connectivity index (χ4n) is 2.76. The SMILES string of the molecule is C\C=C(C)/C=C\C(=C/C)C1=Cc2cc(CCC)cnc2CC1. The Morgan fingerprint density at radius 2 is 2.00 bits per heavy atom. The van der Waals surface area contributed by atoms with Gasteiger partial charge in [0.15, 0.2) is 0 Å². The molecular weight excluding hydrogens is 266 g/mol. The molecule has 0 aromatic carbocycles. The van der Waals surface area contributed by atoms with E-state index in [0.717, 1.165) is 19.3 Å². The Kier molecular flexibility index (Phi) is 5.94. The molecule has 1 aromatic rings. The van der Waals surface area contributed by atoms with Gasteiger partial charge in [0.05, 0.1) is 0 Å². The molecule has 0 unspecified atom stereocenters. The molecule has 0 N–H and O–H groups in total. The lowest BCUT2D eigenvalue weighted by atomic mass is 9.90. The van der Waals surface area contributed by atoms with Crippen LogP contribution >= 0.6 is 0 Å². The predicted molar refractivity (Wildman–Crippen MR) is 96.9 cm³/mol. The summed E-state index contributed by atoms with van der Waals surface area (Å²) in [5.41, 5.74) is 7.94. The van der Waals surface area contributed by atoms with Crippen LogP contribution in [0.1, 0.15) is 57.4 Å². The molecule has 0 bridgehead atoms. The van der Waals surface area contributed by atoms with Crippen LogP contribution in [-0.4, -0.2) is 4.98 Å². The van der Waals surface area contributed by atoms with E-state index in [9.17, 15) is 0 Å². The molecule has 1 aromatic heterocycles.